The van der Waals surface area contributed by atoms with Crippen LogP contribution >= 0.6 is 11.8 Å². The van der Waals surface area contributed by atoms with Gasteiger partial charge in [0.25, 0.3) is 0 Å². The number of anilines is 2. The number of nitrogen functional groups attached to an aromatic ring is 1. The van der Waals surface area contributed by atoms with Crippen molar-refractivity contribution in [3.63, 3.8) is 0 Å². The summed E-state index contributed by atoms with van der Waals surface area (Å²) < 4.78 is 10.6. The summed E-state index contributed by atoms with van der Waals surface area (Å²) >= 11 is 1.52. The zero-order valence-corrected chi connectivity index (χ0v) is 16.1. The quantitative estimate of drug-likeness (QED) is 0.572. The molecule has 1 heterocycles. The number of aromatic nitrogens is 2. The van der Waals surface area contributed by atoms with Crippen molar-refractivity contribution in [1.29, 1.82) is 0 Å². The Hall–Kier alpha value is -2.93. The molecule has 2 aromatic carbocycles. The van der Waals surface area contributed by atoms with Gasteiger partial charge >= 0.3 is 0 Å². The number of nitrogens with two attached hydrogens (primary N) is 1. The fraction of sp³-hybridized carbons (Fsp3) is 0.200. The zero-order valence-electron chi connectivity index (χ0n) is 15.3. The van der Waals surface area contributed by atoms with Crippen molar-refractivity contribution in [2.75, 3.05) is 31.8 Å². The summed E-state index contributed by atoms with van der Waals surface area (Å²) in [7, 11) is 3.26. The summed E-state index contributed by atoms with van der Waals surface area (Å²) in [4.78, 5) is 9.65. The highest BCUT2D eigenvalue weighted by molar-refractivity contribution is 7.99. The first-order valence-electron chi connectivity index (χ1n) is 8.49. The lowest BCUT2D eigenvalue weighted by atomic mass is 10.1. The van der Waals surface area contributed by atoms with Gasteiger partial charge in [-0.15, -0.1) is 0 Å². The minimum Gasteiger partial charge on any atom is -0.493 e. The molecule has 0 aliphatic carbocycles. The number of nitrogens with one attached hydrogen (secondary N) is 1. The second-order valence-electron chi connectivity index (χ2n) is 5.72. The summed E-state index contributed by atoms with van der Waals surface area (Å²) in [5.41, 5.74) is 7.93. The molecule has 3 N–H and O–H groups in total. The predicted molar refractivity (Wildman–Crippen MR) is 109 cm³/mol. The maximum atomic E-state index is 6.25. The molecule has 3 aromatic rings. The minimum absolute atomic E-state index is 0.554. The van der Waals surface area contributed by atoms with Crippen LogP contribution in [0.25, 0.3) is 0 Å². The predicted octanol–water partition coefficient (Wildman–Crippen LogP) is 3.88. The van der Waals surface area contributed by atoms with E-state index in [0.29, 0.717) is 18.1 Å². The fourth-order valence-electron chi connectivity index (χ4n) is 2.56. The number of ether oxygens (including phenoxy) is 2. The van der Waals surface area contributed by atoms with Gasteiger partial charge in [-0.05, 0) is 36.2 Å². The van der Waals surface area contributed by atoms with E-state index in [9.17, 15) is 0 Å². The van der Waals surface area contributed by atoms with Crippen LogP contribution in [0, 0.1) is 0 Å². The van der Waals surface area contributed by atoms with E-state index in [0.717, 1.165) is 33.4 Å². The molecule has 1 aromatic heterocycles. The normalized spacial score (nSPS) is 10.4. The number of methoxy groups -OCH3 is 2. The maximum Gasteiger partial charge on any atom is 0.160 e. The molecule has 0 amide bonds. The maximum absolute atomic E-state index is 6.25. The Morgan fingerprint density at radius 3 is 2.52 bits per heavy atom. The Balaban J connectivity index is 1.64. The van der Waals surface area contributed by atoms with Gasteiger partial charge in [-0.3, -0.25) is 0 Å². The lowest BCUT2D eigenvalue weighted by Crippen LogP contribution is -2.10. The topological polar surface area (TPSA) is 82.3 Å². The van der Waals surface area contributed by atoms with Gasteiger partial charge < -0.3 is 20.5 Å². The summed E-state index contributed by atoms with van der Waals surface area (Å²) in [5.74, 6) is 2.08. The molecule has 0 spiro atoms. The average Bonchev–Trinajstić information content (AvgIpc) is 2.71. The van der Waals surface area contributed by atoms with Crippen molar-refractivity contribution in [3.8, 4) is 11.5 Å². The second-order valence-corrected chi connectivity index (χ2v) is 6.78. The molecule has 0 fully saturated rings. The lowest BCUT2D eigenvalue weighted by Gasteiger charge is -2.12. The molecule has 0 bridgehead atoms. The smallest absolute Gasteiger partial charge is 0.160 e. The molecule has 6 nitrogen and oxygen atoms in total. The SMILES string of the molecule is COc1ccc(CCNc2ncnc(Sc3ccccc3)c2N)cc1OC. The van der Waals surface area contributed by atoms with Gasteiger partial charge in [0.1, 0.15) is 17.0 Å². The average molecular weight is 382 g/mol. The molecule has 0 unspecified atom stereocenters. The largest absolute Gasteiger partial charge is 0.493 e. The molecule has 0 saturated carbocycles. The molecule has 7 heteroatoms. The van der Waals surface area contributed by atoms with Crippen molar-refractivity contribution in [2.24, 2.45) is 0 Å². The van der Waals surface area contributed by atoms with Crippen LogP contribution in [-0.4, -0.2) is 30.7 Å². The van der Waals surface area contributed by atoms with Crippen LogP contribution in [0.1, 0.15) is 5.56 Å². The fourth-order valence-corrected chi connectivity index (χ4v) is 3.39. The first-order valence-corrected chi connectivity index (χ1v) is 9.31. The molecule has 27 heavy (non-hydrogen) atoms. The molecule has 3 rings (SSSR count). The Bertz CT molecular complexity index is 890. The van der Waals surface area contributed by atoms with E-state index in [2.05, 4.69) is 15.3 Å². The van der Waals surface area contributed by atoms with Gasteiger partial charge in [0.2, 0.25) is 0 Å². The van der Waals surface area contributed by atoms with Gasteiger partial charge in [0, 0.05) is 11.4 Å². The van der Waals surface area contributed by atoms with Crippen molar-refractivity contribution in [1.82, 2.24) is 9.97 Å². The van der Waals surface area contributed by atoms with Crippen molar-refractivity contribution < 1.29 is 9.47 Å². The Labute approximate surface area is 163 Å². The summed E-state index contributed by atoms with van der Waals surface area (Å²) in [6.07, 6.45) is 2.32. The lowest BCUT2D eigenvalue weighted by molar-refractivity contribution is 0.354. The highest BCUT2D eigenvalue weighted by Gasteiger charge is 2.10. The van der Waals surface area contributed by atoms with Crippen LogP contribution in [0.15, 0.2) is 64.8 Å². The van der Waals surface area contributed by atoms with Crippen molar-refractivity contribution >= 4 is 23.3 Å². The number of rotatable bonds is 8. The Kier molecular flexibility index (Phi) is 6.38. The highest BCUT2D eigenvalue weighted by Crippen LogP contribution is 2.33. The summed E-state index contributed by atoms with van der Waals surface area (Å²) in [6, 6.07) is 15.9. The third-order valence-corrected chi connectivity index (χ3v) is 4.99. The van der Waals surface area contributed by atoms with E-state index in [1.165, 1.54) is 18.1 Å². The monoisotopic (exact) mass is 382 g/mol. The van der Waals surface area contributed by atoms with Gasteiger partial charge in [-0.25, -0.2) is 9.97 Å². The van der Waals surface area contributed by atoms with Crippen LogP contribution in [0.4, 0.5) is 11.5 Å². The Morgan fingerprint density at radius 1 is 1.00 bits per heavy atom. The highest BCUT2D eigenvalue weighted by atomic mass is 32.2. The zero-order chi connectivity index (χ0) is 19.1. The van der Waals surface area contributed by atoms with E-state index >= 15 is 0 Å². The van der Waals surface area contributed by atoms with Crippen LogP contribution < -0.4 is 20.5 Å². The van der Waals surface area contributed by atoms with Crippen molar-refractivity contribution in [2.45, 2.75) is 16.3 Å². The van der Waals surface area contributed by atoms with Crippen LogP contribution in [0.5, 0.6) is 11.5 Å². The van der Waals surface area contributed by atoms with Gasteiger partial charge in [-0.1, -0.05) is 36.0 Å². The van der Waals surface area contributed by atoms with Crippen molar-refractivity contribution in [3.05, 3.63) is 60.4 Å². The molecular weight excluding hydrogens is 360 g/mol. The van der Waals surface area contributed by atoms with E-state index in [1.807, 2.05) is 48.5 Å². The minimum atomic E-state index is 0.554. The number of hydrogen-bond donors (Lipinski definition) is 2. The number of hydrogen-bond acceptors (Lipinski definition) is 7. The van der Waals surface area contributed by atoms with Crippen LogP contribution in [0.3, 0.4) is 0 Å². The summed E-state index contributed by atoms with van der Waals surface area (Å²) in [5, 5.41) is 4.03. The van der Waals surface area contributed by atoms with Gasteiger partial charge in [0.15, 0.2) is 17.3 Å². The van der Waals surface area contributed by atoms with E-state index in [4.69, 9.17) is 15.2 Å². The number of nitrogens with zero attached hydrogens (tertiary/aromatic N) is 2. The molecule has 140 valence electrons. The molecular formula is C20H22N4O2S. The third-order valence-electron chi connectivity index (χ3n) is 3.96. The molecule has 0 atom stereocenters. The van der Waals surface area contributed by atoms with Gasteiger partial charge in [0.05, 0.1) is 14.2 Å². The molecule has 0 radical (unpaired) electrons. The molecule has 0 aliphatic heterocycles. The van der Waals surface area contributed by atoms with Crippen LogP contribution in [-0.2, 0) is 6.42 Å². The second kappa shape index (κ2) is 9.14. The standard InChI is InChI=1S/C20H22N4O2S/c1-25-16-9-8-14(12-17(16)26-2)10-11-22-19-18(21)20(24-13-23-19)27-15-6-4-3-5-7-15/h3-9,12-13H,10-11,21H2,1-2H3,(H,22,23,24). The first-order chi connectivity index (χ1) is 13.2. The van der Waals surface area contributed by atoms with E-state index < -0.39 is 0 Å². The number of benzene rings is 2. The molecule has 0 aliphatic rings. The Morgan fingerprint density at radius 2 is 1.78 bits per heavy atom. The molecule has 0 saturated heterocycles. The van der Waals surface area contributed by atoms with E-state index in [1.54, 1.807) is 14.2 Å². The third kappa shape index (κ3) is 4.83. The van der Waals surface area contributed by atoms with Gasteiger partial charge in [-0.2, -0.15) is 0 Å². The first kappa shape index (κ1) is 18.8. The summed E-state index contributed by atoms with van der Waals surface area (Å²) in [6.45, 7) is 0.687. The van der Waals surface area contributed by atoms with Crippen LogP contribution in [0.2, 0.25) is 0 Å². The van der Waals surface area contributed by atoms with E-state index in [-0.39, 0.29) is 0 Å².